The van der Waals surface area contributed by atoms with E-state index in [9.17, 15) is 40.5 Å². The van der Waals surface area contributed by atoms with Gasteiger partial charge in [-0.1, -0.05) is 209 Å². The van der Waals surface area contributed by atoms with E-state index in [0.717, 1.165) is 51.4 Å². The van der Waals surface area contributed by atoms with E-state index in [1.165, 1.54) is 122 Å². The van der Waals surface area contributed by atoms with E-state index in [1.807, 2.05) is 0 Å². The van der Waals surface area contributed by atoms with Crippen LogP contribution in [0.2, 0.25) is 0 Å². The number of allylic oxidation sites excluding steroid dienone is 10. The van der Waals surface area contributed by atoms with Gasteiger partial charge in [0, 0.05) is 13.0 Å². The summed E-state index contributed by atoms with van der Waals surface area (Å²) in [5.74, 6) is -0.430. The molecule has 2 aliphatic heterocycles. The molecule has 0 amide bonds. The molecule has 7 N–H and O–H groups in total. The molecule has 2 saturated heterocycles. The Bertz CT molecular complexity index is 1440. The lowest BCUT2D eigenvalue weighted by Gasteiger charge is -2.42. The number of hydrogen-bond donors (Lipinski definition) is 7. The van der Waals surface area contributed by atoms with E-state index < -0.39 is 86.7 Å². The standard InChI is InChI=1S/C59H104O14/c1-3-5-7-9-11-13-15-17-19-21-22-23-24-25-27-29-31-33-35-37-39-41-43-68-45-48(71-51(61)42-40-38-36-34-32-30-28-26-20-18-16-14-12-10-8-6-4-2)46-69-58-57(67)55(65)53(63)50(73-58)47-70-59-56(66)54(64)52(62)49(44-60)72-59/h6,8,12,14,18,20,28,30,34,36,48-50,52-60,62-67H,3-5,7,9-11,13,15-17,19,21-27,29,31-33,35,37-47H2,1-2H3/b8-6-,14-12-,20-18-,30-28-,36-34-. The second-order valence-electron chi connectivity index (χ2n) is 20.1. The number of ether oxygens (including phenoxy) is 6. The zero-order chi connectivity index (χ0) is 53.0. The molecule has 14 nitrogen and oxygen atoms in total. The van der Waals surface area contributed by atoms with Gasteiger partial charge in [0.25, 0.3) is 0 Å². The van der Waals surface area contributed by atoms with Crippen LogP contribution >= 0.6 is 0 Å². The van der Waals surface area contributed by atoms with Crippen LogP contribution in [0.15, 0.2) is 60.8 Å². The fraction of sp³-hybridized carbons (Fsp3) is 0.814. The molecule has 11 atom stereocenters. The molecule has 2 fully saturated rings. The van der Waals surface area contributed by atoms with Crippen LogP contribution < -0.4 is 0 Å². The summed E-state index contributed by atoms with van der Waals surface area (Å²) in [6.07, 6.45) is 40.1. The molecule has 2 heterocycles. The number of carbonyl (C=O) groups is 1. The first-order valence-electron chi connectivity index (χ1n) is 28.9. The number of unbranched alkanes of at least 4 members (excludes halogenated alkanes) is 22. The lowest BCUT2D eigenvalue weighted by atomic mass is 9.98. The van der Waals surface area contributed by atoms with E-state index in [4.69, 9.17) is 28.4 Å². The molecule has 0 spiro atoms. The van der Waals surface area contributed by atoms with Gasteiger partial charge in [0.2, 0.25) is 0 Å². The van der Waals surface area contributed by atoms with Crippen LogP contribution in [0.3, 0.4) is 0 Å². The van der Waals surface area contributed by atoms with Crippen molar-refractivity contribution in [3.63, 3.8) is 0 Å². The SMILES string of the molecule is CC/C=C\C/C=C\C/C=C\C/C=C\C/C=C\CCCC(=O)OC(COCCCCCCCCCCCCCCCCCCCCCCCC)COC1OC(COC2OC(CO)C(O)C(O)C2O)C(O)C(O)C1O. The summed E-state index contributed by atoms with van der Waals surface area (Å²) in [6.45, 7) is 3.52. The normalized spacial score (nSPS) is 25.4. The highest BCUT2D eigenvalue weighted by Crippen LogP contribution is 2.26. The Kier molecular flexibility index (Phi) is 42.0. The van der Waals surface area contributed by atoms with Crippen LogP contribution in [-0.2, 0) is 33.2 Å². The van der Waals surface area contributed by atoms with Crippen molar-refractivity contribution >= 4 is 5.97 Å². The van der Waals surface area contributed by atoms with Gasteiger partial charge in [0.1, 0.15) is 54.9 Å². The number of aliphatic hydroxyl groups excluding tert-OH is 7. The Labute approximate surface area is 441 Å². The molecular formula is C59H104O14. The molecule has 2 rings (SSSR count). The average molecular weight is 1040 g/mol. The first-order valence-corrected chi connectivity index (χ1v) is 28.9. The minimum Gasteiger partial charge on any atom is -0.457 e. The maximum absolute atomic E-state index is 13.0. The third-order valence-corrected chi connectivity index (χ3v) is 13.5. The second kappa shape index (κ2) is 45.8. The Morgan fingerprint density at radius 2 is 0.877 bits per heavy atom. The van der Waals surface area contributed by atoms with Crippen LogP contribution in [0.5, 0.6) is 0 Å². The van der Waals surface area contributed by atoms with Crippen molar-refractivity contribution in [3.05, 3.63) is 60.8 Å². The summed E-state index contributed by atoms with van der Waals surface area (Å²) < 4.78 is 34.3. The molecular weight excluding hydrogens is 933 g/mol. The van der Waals surface area contributed by atoms with Gasteiger partial charge in [0.05, 0.1) is 26.4 Å². The van der Waals surface area contributed by atoms with Crippen molar-refractivity contribution in [1.29, 1.82) is 0 Å². The van der Waals surface area contributed by atoms with Crippen LogP contribution in [0.4, 0.5) is 0 Å². The van der Waals surface area contributed by atoms with E-state index >= 15 is 0 Å². The van der Waals surface area contributed by atoms with Gasteiger partial charge in [-0.3, -0.25) is 4.79 Å². The van der Waals surface area contributed by atoms with Crippen molar-refractivity contribution < 1.29 is 69.0 Å². The van der Waals surface area contributed by atoms with Gasteiger partial charge in [0.15, 0.2) is 12.6 Å². The summed E-state index contributed by atoms with van der Waals surface area (Å²) in [7, 11) is 0. The van der Waals surface area contributed by atoms with Crippen LogP contribution in [0.25, 0.3) is 0 Å². The fourth-order valence-corrected chi connectivity index (χ4v) is 8.91. The Balaban J connectivity index is 1.73. The molecule has 0 saturated carbocycles. The van der Waals surface area contributed by atoms with Crippen molar-refractivity contribution in [2.45, 2.75) is 274 Å². The number of hydrogen-bond acceptors (Lipinski definition) is 14. The minimum atomic E-state index is -1.72. The predicted molar refractivity (Wildman–Crippen MR) is 289 cm³/mol. The van der Waals surface area contributed by atoms with Crippen LogP contribution in [-0.4, -0.2) is 142 Å². The molecule has 0 bridgehead atoms. The Morgan fingerprint density at radius 3 is 1.34 bits per heavy atom. The highest BCUT2D eigenvalue weighted by atomic mass is 16.7. The summed E-state index contributed by atoms with van der Waals surface area (Å²) in [4.78, 5) is 13.0. The summed E-state index contributed by atoms with van der Waals surface area (Å²) in [6, 6.07) is 0. The first kappa shape index (κ1) is 66.8. The van der Waals surface area contributed by atoms with E-state index in [-0.39, 0.29) is 19.6 Å². The summed E-state index contributed by atoms with van der Waals surface area (Å²) in [5, 5.41) is 72.3. The van der Waals surface area contributed by atoms with E-state index in [0.29, 0.717) is 19.4 Å². The van der Waals surface area contributed by atoms with E-state index in [2.05, 4.69) is 74.6 Å². The summed E-state index contributed by atoms with van der Waals surface area (Å²) in [5.41, 5.74) is 0. The van der Waals surface area contributed by atoms with Crippen molar-refractivity contribution in [1.82, 2.24) is 0 Å². The molecule has 11 unspecified atom stereocenters. The average Bonchev–Trinajstić information content (AvgIpc) is 3.39. The maximum atomic E-state index is 13.0. The molecule has 0 aliphatic carbocycles. The molecule has 0 aromatic heterocycles. The van der Waals surface area contributed by atoms with Crippen LogP contribution in [0.1, 0.15) is 206 Å². The van der Waals surface area contributed by atoms with Gasteiger partial charge < -0.3 is 64.2 Å². The van der Waals surface area contributed by atoms with Crippen LogP contribution in [0, 0.1) is 0 Å². The molecule has 424 valence electrons. The van der Waals surface area contributed by atoms with Crippen molar-refractivity contribution in [3.8, 4) is 0 Å². The third-order valence-electron chi connectivity index (χ3n) is 13.5. The zero-order valence-corrected chi connectivity index (χ0v) is 45.4. The second-order valence-corrected chi connectivity index (χ2v) is 20.1. The molecule has 2 aliphatic rings. The third kappa shape index (κ3) is 32.8. The van der Waals surface area contributed by atoms with Crippen molar-refractivity contribution in [2.24, 2.45) is 0 Å². The number of esters is 1. The van der Waals surface area contributed by atoms with Gasteiger partial charge in [-0.25, -0.2) is 0 Å². The topological polar surface area (TPSA) is 214 Å². The molecule has 0 radical (unpaired) electrons. The summed E-state index contributed by atoms with van der Waals surface area (Å²) >= 11 is 0. The van der Waals surface area contributed by atoms with Gasteiger partial charge in [-0.15, -0.1) is 0 Å². The Hall–Kier alpha value is -2.31. The highest BCUT2D eigenvalue weighted by molar-refractivity contribution is 5.69. The minimum absolute atomic E-state index is 0.0391. The zero-order valence-electron chi connectivity index (χ0n) is 45.4. The fourth-order valence-electron chi connectivity index (χ4n) is 8.91. The lowest BCUT2D eigenvalue weighted by molar-refractivity contribution is -0.332. The smallest absolute Gasteiger partial charge is 0.306 e. The molecule has 0 aromatic rings. The molecule has 73 heavy (non-hydrogen) atoms. The number of aliphatic hydroxyl groups is 7. The lowest BCUT2D eigenvalue weighted by Crippen LogP contribution is -2.61. The first-order chi connectivity index (χ1) is 35.6. The van der Waals surface area contributed by atoms with Crippen molar-refractivity contribution in [2.75, 3.05) is 33.0 Å². The van der Waals surface area contributed by atoms with E-state index in [1.54, 1.807) is 0 Å². The number of rotatable bonds is 46. The van der Waals surface area contributed by atoms with Gasteiger partial charge in [-0.2, -0.15) is 0 Å². The number of carbonyl (C=O) groups excluding carboxylic acids is 1. The molecule has 0 aromatic carbocycles. The molecule has 14 heteroatoms. The monoisotopic (exact) mass is 1040 g/mol. The highest BCUT2D eigenvalue weighted by Gasteiger charge is 2.47. The van der Waals surface area contributed by atoms with Gasteiger partial charge >= 0.3 is 5.97 Å². The Morgan fingerprint density at radius 1 is 0.466 bits per heavy atom. The quantitative estimate of drug-likeness (QED) is 0.0172. The van der Waals surface area contributed by atoms with Gasteiger partial charge in [-0.05, 0) is 51.4 Å². The largest absolute Gasteiger partial charge is 0.457 e. The maximum Gasteiger partial charge on any atom is 0.306 e. The predicted octanol–water partition coefficient (Wildman–Crippen LogP) is 10.1.